The molecule has 32 heavy (non-hydrogen) atoms. The van der Waals surface area contributed by atoms with Crippen molar-refractivity contribution >= 4 is 29.5 Å². The van der Waals surface area contributed by atoms with Gasteiger partial charge in [0.15, 0.2) is 0 Å². The van der Waals surface area contributed by atoms with Crippen LogP contribution in [0.1, 0.15) is 28.4 Å². The van der Waals surface area contributed by atoms with E-state index >= 15 is 0 Å². The van der Waals surface area contributed by atoms with Crippen molar-refractivity contribution in [3.8, 4) is 0 Å². The van der Waals surface area contributed by atoms with Gasteiger partial charge in [-0.3, -0.25) is 19.3 Å². The number of hydrogen-bond acceptors (Lipinski definition) is 4. The van der Waals surface area contributed by atoms with Crippen LogP contribution < -0.4 is 0 Å². The molecule has 1 aliphatic heterocycles. The molecule has 1 fully saturated rings. The van der Waals surface area contributed by atoms with Crippen LogP contribution in [0.3, 0.4) is 0 Å². The van der Waals surface area contributed by atoms with Crippen LogP contribution in [0, 0.1) is 5.82 Å². The molecule has 0 aromatic heterocycles. The Balaban J connectivity index is 1.65. The van der Waals surface area contributed by atoms with E-state index in [2.05, 4.69) is 4.90 Å². The summed E-state index contributed by atoms with van der Waals surface area (Å²) in [5, 5.41) is 1.53. The second-order valence-corrected chi connectivity index (χ2v) is 8.23. The Morgan fingerprint density at radius 1 is 1.22 bits per heavy atom. The van der Waals surface area contributed by atoms with Gasteiger partial charge in [-0.1, -0.05) is 29.8 Å². The topological polar surface area (TPSA) is 53.1 Å². The monoisotopic (exact) mass is 459 g/mol. The molecular formula is C24H27ClFN3O3. The van der Waals surface area contributed by atoms with Crippen LogP contribution >= 0.6 is 11.6 Å². The van der Waals surface area contributed by atoms with Gasteiger partial charge in [0.2, 0.25) is 5.91 Å². The maximum absolute atomic E-state index is 13.1. The summed E-state index contributed by atoms with van der Waals surface area (Å²) in [6.07, 6.45) is 3.12. The minimum atomic E-state index is -0.357. The predicted molar refractivity (Wildman–Crippen MR) is 122 cm³/mol. The van der Waals surface area contributed by atoms with E-state index in [4.69, 9.17) is 16.4 Å². The van der Waals surface area contributed by atoms with Crippen LogP contribution in [0.15, 0.2) is 48.5 Å². The molecule has 8 heteroatoms. The lowest BCUT2D eigenvalue weighted by Crippen LogP contribution is -2.53. The Hall–Kier alpha value is -2.74. The number of piperazine rings is 1. The van der Waals surface area contributed by atoms with Gasteiger partial charge in [0.1, 0.15) is 5.82 Å². The Morgan fingerprint density at radius 3 is 2.59 bits per heavy atom. The van der Waals surface area contributed by atoms with Gasteiger partial charge in [-0.25, -0.2) is 9.45 Å². The fourth-order valence-corrected chi connectivity index (χ4v) is 3.89. The Kier molecular flexibility index (Phi) is 8.01. The summed E-state index contributed by atoms with van der Waals surface area (Å²) in [7, 11) is 2.91. The SMILES string of the molecule is CON(C)C(=O)c1cc(Cl)ccc1C=CC(=O)N1CCN(Cc2ccc(F)cc2)CC1C. The van der Waals surface area contributed by atoms with E-state index in [0.717, 1.165) is 23.7 Å². The summed E-state index contributed by atoms with van der Waals surface area (Å²) in [6, 6.07) is 11.4. The van der Waals surface area contributed by atoms with Crippen molar-refractivity contribution in [2.24, 2.45) is 0 Å². The summed E-state index contributed by atoms with van der Waals surface area (Å²) in [4.78, 5) is 34.4. The summed E-state index contributed by atoms with van der Waals surface area (Å²) in [5.74, 6) is -0.721. The number of carbonyl (C=O) groups is 2. The van der Waals surface area contributed by atoms with Crippen molar-refractivity contribution in [3.63, 3.8) is 0 Å². The van der Waals surface area contributed by atoms with Crippen molar-refractivity contribution in [2.75, 3.05) is 33.8 Å². The molecule has 2 amide bonds. The van der Waals surface area contributed by atoms with E-state index in [0.29, 0.717) is 29.2 Å². The molecule has 0 N–H and O–H groups in total. The van der Waals surface area contributed by atoms with Crippen LogP contribution in [-0.4, -0.2) is 66.5 Å². The maximum atomic E-state index is 13.1. The third-order valence-electron chi connectivity index (χ3n) is 5.53. The van der Waals surface area contributed by atoms with Crippen molar-refractivity contribution in [1.29, 1.82) is 0 Å². The summed E-state index contributed by atoms with van der Waals surface area (Å²) < 4.78 is 13.1. The number of nitrogens with zero attached hydrogens (tertiary/aromatic N) is 3. The first kappa shape index (κ1) is 23.9. The second-order valence-electron chi connectivity index (χ2n) is 7.79. The molecule has 6 nitrogen and oxygen atoms in total. The number of benzene rings is 2. The molecular weight excluding hydrogens is 433 g/mol. The zero-order valence-corrected chi connectivity index (χ0v) is 19.2. The van der Waals surface area contributed by atoms with Gasteiger partial charge in [-0.2, -0.15) is 0 Å². The quantitative estimate of drug-likeness (QED) is 0.486. The van der Waals surface area contributed by atoms with Gasteiger partial charge in [0.25, 0.3) is 5.91 Å². The van der Waals surface area contributed by atoms with Crippen molar-refractivity contribution in [1.82, 2.24) is 14.9 Å². The van der Waals surface area contributed by atoms with Gasteiger partial charge in [0.05, 0.1) is 12.7 Å². The number of carbonyl (C=O) groups excluding carboxylic acids is 2. The highest BCUT2D eigenvalue weighted by molar-refractivity contribution is 6.31. The van der Waals surface area contributed by atoms with Crippen molar-refractivity contribution in [3.05, 3.63) is 76.1 Å². The number of hydroxylamine groups is 2. The van der Waals surface area contributed by atoms with Gasteiger partial charge >= 0.3 is 0 Å². The molecule has 1 heterocycles. The van der Waals surface area contributed by atoms with Gasteiger partial charge < -0.3 is 4.90 Å². The minimum absolute atomic E-state index is 0.0206. The van der Waals surface area contributed by atoms with Crippen LogP contribution in [0.4, 0.5) is 4.39 Å². The van der Waals surface area contributed by atoms with E-state index in [1.165, 1.54) is 32.4 Å². The Labute approximate surface area is 192 Å². The molecule has 2 aromatic carbocycles. The van der Waals surface area contributed by atoms with Crippen molar-refractivity contribution < 1.29 is 18.8 Å². The molecule has 0 aliphatic carbocycles. The fraction of sp³-hybridized carbons (Fsp3) is 0.333. The summed E-state index contributed by atoms with van der Waals surface area (Å²) in [6.45, 7) is 4.76. The van der Waals surface area contributed by atoms with Crippen LogP contribution in [0.25, 0.3) is 6.08 Å². The van der Waals surface area contributed by atoms with Crippen LogP contribution in [0.2, 0.25) is 5.02 Å². The zero-order chi connectivity index (χ0) is 23.3. The lowest BCUT2D eigenvalue weighted by molar-refractivity contribution is -0.130. The lowest BCUT2D eigenvalue weighted by Gasteiger charge is -2.39. The Bertz CT molecular complexity index is 996. The highest BCUT2D eigenvalue weighted by Gasteiger charge is 2.26. The fourth-order valence-electron chi connectivity index (χ4n) is 3.72. The highest BCUT2D eigenvalue weighted by atomic mass is 35.5. The minimum Gasteiger partial charge on any atom is -0.334 e. The number of halogens is 2. The molecule has 2 aromatic rings. The molecule has 0 saturated carbocycles. The first-order valence-electron chi connectivity index (χ1n) is 10.4. The summed E-state index contributed by atoms with van der Waals surface area (Å²) in [5.41, 5.74) is 1.97. The van der Waals surface area contributed by atoms with E-state index in [9.17, 15) is 14.0 Å². The standard InChI is InChI=1S/C24H27ClFN3O3/c1-17-15-28(16-18-4-9-21(26)10-5-18)12-13-29(17)23(30)11-7-19-6-8-20(25)14-22(19)24(31)27(2)32-3/h4-11,14,17H,12-13,15-16H2,1-3H3. The van der Waals surface area contributed by atoms with Crippen LogP contribution in [0.5, 0.6) is 0 Å². The van der Waals surface area contributed by atoms with Crippen LogP contribution in [-0.2, 0) is 16.2 Å². The molecule has 170 valence electrons. The van der Waals surface area contributed by atoms with E-state index in [1.54, 1.807) is 36.4 Å². The first-order chi connectivity index (χ1) is 15.3. The van der Waals surface area contributed by atoms with Crippen molar-refractivity contribution in [2.45, 2.75) is 19.5 Å². The average molecular weight is 460 g/mol. The van der Waals surface area contributed by atoms with Gasteiger partial charge in [0, 0.05) is 50.4 Å². The van der Waals surface area contributed by atoms with E-state index in [1.807, 2.05) is 11.8 Å². The number of hydrogen-bond donors (Lipinski definition) is 0. The molecule has 0 radical (unpaired) electrons. The third-order valence-corrected chi connectivity index (χ3v) is 5.76. The largest absolute Gasteiger partial charge is 0.334 e. The molecule has 0 spiro atoms. The Morgan fingerprint density at radius 2 is 1.94 bits per heavy atom. The highest BCUT2D eigenvalue weighted by Crippen LogP contribution is 2.20. The van der Waals surface area contributed by atoms with Gasteiger partial charge in [-0.05, 0) is 48.4 Å². The van der Waals surface area contributed by atoms with E-state index in [-0.39, 0.29) is 23.7 Å². The predicted octanol–water partition coefficient (Wildman–Crippen LogP) is 3.86. The third kappa shape index (κ3) is 5.94. The van der Waals surface area contributed by atoms with E-state index < -0.39 is 0 Å². The molecule has 1 unspecified atom stereocenters. The number of rotatable bonds is 6. The lowest BCUT2D eigenvalue weighted by atomic mass is 10.1. The molecule has 3 rings (SSSR count). The molecule has 1 saturated heterocycles. The second kappa shape index (κ2) is 10.7. The first-order valence-corrected chi connectivity index (χ1v) is 10.7. The maximum Gasteiger partial charge on any atom is 0.277 e. The normalized spacial score (nSPS) is 17.0. The summed E-state index contributed by atoms with van der Waals surface area (Å²) >= 11 is 6.06. The smallest absolute Gasteiger partial charge is 0.277 e. The zero-order valence-electron chi connectivity index (χ0n) is 18.4. The van der Waals surface area contributed by atoms with Gasteiger partial charge in [-0.15, -0.1) is 0 Å². The molecule has 0 bridgehead atoms. The number of amides is 2. The molecule has 1 aliphatic rings. The average Bonchev–Trinajstić information content (AvgIpc) is 2.78. The molecule has 1 atom stereocenters.